The van der Waals surface area contributed by atoms with Crippen molar-refractivity contribution in [1.29, 1.82) is 0 Å². The molecule has 1 atom stereocenters. The third-order valence-corrected chi connectivity index (χ3v) is 2.97. The minimum absolute atomic E-state index is 0.0545. The lowest BCUT2D eigenvalue weighted by Crippen LogP contribution is -2.43. The summed E-state index contributed by atoms with van der Waals surface area (Å²) in [4.78, 5) is 25.1. The SMILES string of the molecule is CCCC(C(=O)N1CCNC(=O)CC1)C(N)=NO. The van der Waals surface area contributed by atoms with Gasteiger partial charge < -0.3 is 21.2 Å². The number of amidine groups is 1. The second kappa shape index (κ2) is 6.83. The molecule has 7 heteroatoms. The van der Waals surface area contributed by atoms with Crippen LogP contribution in [0, 0.1) is 5.92 Å². The second-order valence-corrected chi connectivity index (χ2v) is 4.29. The molecule has 1 unspecified atom stereocenters. The summed E-state index contributed by atoms with van der Waals surface area (Å²) in [6.07, 6.45) is 1.59. The molecule has 0 spiro atoms. The molecule has 0 radical (unpaired) electrons. The molecule has 0 aromatic carbocycles. The van der Waals surface area contributed by atoms with E-state index in [-0.39, 0.29) is 17.6 Å². The van der Waals surface area contributed by atoms with Gasteiger partial charge in [-0.1, -0.05) is 18.5 Å². The first kappa shape index (κ1) is 14.3. The molecule has 0 aliphatic carbocycles. The van der Waals surface area contributed by atoms with Gasteiger partial charge in [-0.3, -0.25) is 9.59 Å². The number of nitrogens with zero attached hydrogens (tertiary/aromatic N) is 2. The van der Waals surface area contributed by atoms with Gasteiger partial charge in [0.05, 0.1) is 5.92 Å². The monoisotopic (exact) mass is 256 g/mol. The summed E-state index contributed by atoms with van der Waals surface area (Å²) >= 11 is 0. The van der Waals surface area contributed by atoms with Crippen LogP contribution in [0.5, 0.6) is 0 Å². The van der Waals surface area contributed by atoms with Crippen molar-refractivity contribution in [3.8, 4) is 0 Å². The summed E-state index contributed by atoms with van der Waals surface area (Å²) in [6, 6.07) is 0. The Labute approximate surface area is 106 Å². The van der Waals surface area contributed by atoms with Crippen LogP contribution in [0.4, 0.5) is 0 Å². The van der Waals surface area contributed by atoms with Crippen molar-refractivity contribution in [2.24, 2.45) is 16.8 Å². The molecule has 0 aromatic rings. The first-order valence-corrected chi connectivity index (χ1v) is 6.13. The highest BCUT2D eigenvalue weighted by Gasteiger charge is 2.28. The summed E-state index contributed by atoms with van der Waals surface area (Å²) in [6.45, 7) is 3.21. The molecule has 1 rings (SSSR count). The zero-order valence-corrected chi connectivity index (χ0v) is 10.6. The minimum atomic E-state index is -0.604. The fourth-order valence-electron chi connectivity index (χ4n) is 1.96. The number of amides is 2. The van der Waals surface area contributed by atoms with Gasteiger partial charge >= 0.3 is 0 Å². The number of hydrogen-bond acceptors (Lipinski definition) is 4. The van der Waals surface area contributed by atoms with E-state index in [0.29, 0.717) is 32.5 Å². The minimum Gasteiger partial charge on any atom is -0.409 e. The molecule has 1 aliphatic rings. The average Bonchev–Trinajstić information content (AvgIpc) is 2.59. The summed E-state index contributed by atoms with van der Waals surface area (Å²) in [7, 11) is 0. The Morgan fingerprint density at radius 3 is 2.94 bits per heavy atom. The number of oxime groups is 1. The van der Waals surface area contributed by atoms with Gasteiger partial charge in [0, 0.05) is 26.1 Å². The van der Waals surface area contributed by atoms with Gasteiger partial charge in [0.15, 0.2) is 5.84 Å². The van der Waals surface area contributed by atoms with Crippen molar-refractivity contribution >= 4 is 17.6 Å². The zero-order valence-electron chi connectivity index (χ0n) is 10.6. The van der Waals surface area contributed by atoms with Crippen LogP contribution in [0.3, 0.4) is 0 Å². The van der Waals surface area contributed by atoms with Gasteiger partial charge in [-0.2, -0.15) is 0 Å². The van der Waals surface area contributed by atoms with E-state index in [1.807, 2.05) is 6.92 Å². The molecule has 1 fully saturated rings. The van der Waals surface area contributed by atoms with Crippen LogP contribution < -0.4 is 11.1 Å². The molecule has 102 valence electrons. The molecular formula is C11H20N4O3. The van der Waals surface area contributed by atoms with E-state index in [9.17, 15) is 9.59 Å². The number of carbonyl (C=O) groups excluding carboxylic acids is 2. The summed E-state index contributed by atoms with van der Waals surface area (Å²) in [5, 5.41) is 14.3. The largest absolute Gasteiger partial charge is 0.409 e. The molecule has 0 aromatic heterocycles. The highest BCUT2D eigenvalue weighted by molar-refractivity contribution is 6.02. The van der Waals surface area contributed by atoms with E-state index in [4.69, 9.17) is 10.9 Å². The average molecular weight is 256 g/mol. The van der Waals surface area contributed by atoms with Gasteiger partial charge in [0.25, 0.3) is 0 Å². The van der Waals surface area contributed by atoms with Crippen molar-refractivity contribution < 1.29 is 14.8 Å². The molecule has 2 amide bonds. The first-order chi connectivity index (χ1) is 8.60. The Balaban J connectivity index is 2.72. The lowest BCUT2D eigenvalue weighted by Gasteiger charge is -2.24. The summed E-state index contributed by atoms with van der Waals surface area (Å²) < 4.78 is 0. The molecule has 7 nitrogen and oxygen atoms in total. The molecule has 0 saturated carbocycles. The van der Waals surface area contributed by atoms with Gasteiger partial charge in [-0.25, -0.2) is 0 Å². The highest BCUT2D eigenvalue weighted by atomic mass is 16.4. The maximum absolute atomic E-state index is 12.3. The molecular weight excluding hydrogens is 236 g/mol. The van der Waals surface area contributed by atoms with Crippen LogP contribution >= 0.6 is 0 Å². The van der Waals surface area contributed by atoms with E-state index < -0.39 is 5.92 Å². The fourth-order valence-corrected chi connectivity index (χ4v) is 1.96. The van der Waals surface area contributed by atoms with Crippen LogP contribution in [0.2, 0.25) is 0 Å². The number of rotatable bonds is 4. The Morgan fingerprint density at radius 2 is 2.33 bits per heavy atom. The van der Waals surface area contributed by atoms with Gasteiger partial charge in [0.2, 0.25) is 11.8 Å². The van der Waals surface area contributed by atoms with E-state index >= 15 is 0 Å². The van der Waals surface area contributed by atoms with Gasteiger partial charge in [-0.05, 0) is 6.42 Å². The summed E-state index contributed by atoms with van der Waals surface area (Å²) in [5.41, 5.74) is 5.55. The molecule has 1 aliphatic heterocycles. The maximum atomic E-state index is 12.3. The van der Waals surface area contributed by atoms with E-state index in [1.165, 1.54) is 0 Å². The Hall–Kier alpha value is -1.79. The third kappa shape index (κ3) is 3.61. The standard InChI is InChI=1S/C11H20N4O3/c1-2-3-8(10(12)14-18)11(17)15-6-4-9(16)13-5-7-15/h8,18H,2-7H2,1H3,(H2,12,14)(H,13,16). The second-order valence-electron chi connectivity index (χ2n) is 4.29. The predicted molar refractivity (Wildman–Crippen MR) is 66.0 cm³/mol. The van der Waals surface area contributed by atoms with Crippen LogP contribution in [0.1, 0.15) is 26.2 Å². The number of carbonyl (C=O) groups is 2. The highest BCUT2D eigenvalue weighted by Crippen LogP contribution is 2.12. The quantitative estimate of drug-likeness (QED) is 0.272. The Kier molecular flexibility index (Phi) is 5.41. The van der Waals surface area contributed by atoms with E-state index in [0.717, 1.165) is 6.42 Å². The van der Waals surface area contributed by atoms with Crippen LogP contribution in [0.15, 0.2) is 5.16 Å². The normalized spacial score (nSPS) is 19.1. The number of nitrogens with two attached hydrogens (primary N) is 1. The zero-order chi connectivity index (χ0) is 13.5. The van der Waals surface area contributed by atoms with E-state index in [1.54, 1.807) is 4.90 Å². The van der Waals surface area contributed by atoms with Crippen molar-refractivity contribution in [2.45, 2.75) is 26.2 Å². The topological polar surface area (TPSA) is 108 Å². The van der Waals surface area contributed by atoms with Crippen LogP contribution in [-0.2, 0) is 9.59 Å². The van der Waals surface area contributed by atoms with Crippen molar-refractivity contribution in [2.75, 3.05) is 19.6 Å². The lowest BCUT2D eigenvalue weighted by molar-refractivity contribution is -0.133. The molecule has 18 heavy (non-hydrogen) atoms. The van der Waals surface area contributed by atoms with Crippen molar-refractivity contribution in [3.05, 3.63) is 0 Å². The van der Waals surface area contributed by atoms with Gasteiger partial charge in [0.1, 0.15) is 0 Å². The third-order valence-electron chi connectivity index (χ3n) is 2.97. The molecule has 1 heterocycles. The maximum Gasteiger partial charge on any atom is 0.233 e. The lowest BCUT2D eigenvalue weighted by atomic mass is 10.0. The fraction of sp³-hybridized carbons (Fsp3) is 0.727. The Morgan fingerprint density at radius 1 is 1.61 bits per heavy atom. The molecule has 0 bridgehead atoms. The number of nitrogens with one attached hydrogen (secondary N) is 1. The predicted octanol–water partition coefficient (Wildman–Crippen LogP) is -0.502. The Bertz CT molecular complexity index is 343. The number of hydrogen-bond donors (Lipinski definition) is 3. The van der Waals surface area contributed by atoms with E-state index in [2.05, 4.69) is 10.5 Å². The molecule has 1 saturated heterocycles. The van der Waals surface area contributed by atoms with Crippen LogP contribution in [-0.4, -0.2) is 47.4 Å². The summed E-state index contributed by atoms with van der Waals surface area (Å²) in [5.74, 6) is -0.900. The van der Waals surface area contributed by atoms with Crippen molar-refractivity contribution in [3.63, 3.8) is 0 Å². The van der Waals surface area contributed by atoms with Gasteiger partial charge in [-0.15, -0.1) is 0 Å². The smallest absolute Gasteiger partial charge is 0.233 e. The first-order valence-electron chi connectivity index (χ1n) is 6.13. The van der Waals surface area contributed by atoms with Crippen molar-refractivity contribution in [1.82, 2.24) is 10.2 Å². The molecule has 4 N–H and O–H groups in total. The van der Waals surface area contributed by atoms with Crippen LogP contribution in [0.25, 0.3) is 0 Å².